The summed E-state index contributed by atoms with van der Waals surface area (Å²) in [5.41, 5.74) is 3.78. The van der Waals surface area contributed by atoms with Crippen LogP contribution in [0.1, 0.15) is 38.7 Å². The molecule has 1 amide bonds. The third kappa shape index (κ3) is 6.26. The molecular weight excluding hydrogens is 390 g/mol. The normalized spacial score (nSPS) is 21.5. The number of hydrogen-bond acceptors (Lipinski definition) is 5. The second-order valence-electron chi connectivity index (χ2n) is 8.93. The first-order chi connectivity index (χ1) is 14.9. The maximum atomic E-state index is 12.4. The standard InChI is InChI=1S/C25H37N3O3/c1-18-14-19(2)17-28(16-18)21(4)23-15-22(30-5)7-8-24(23)26-20(3)6-9-25(29)27-10-12-31-13-11-27/h7-8,15,18-19,26H,3-4,6,9-14,16-17H2,1-2,5H3/t18-,19+. The summed E-state index contributed by atoms with van der Waals surface area (Å²) in [6.07, 6.45) is 2.28. The lowest BCUT2D eigenvalue weighted by Crippen LogP contribution is -2.40. The van der Waals surface area contributed by atoms with E-state index < -0.39 is 0 Å². The summed E-state index contributed by atoms with van der Waals surface area (Å²) >= 11 is 0. The highest BCUT2D eigenvalue weighted by atomic mass is 16.5. The van der Waals surface area contributed by atoms with Crippen molar-refractivity contribution >= 4 is 17.3 Å². The highest BCUT2D eigenvalue weighted by Gasteiger charge is 2.24. The Bertz CT molecular complexity index is 791. The number of allylic oxidation sites excluding steroid dienone is 1. The molecule has 2 saturated heterocycles. The van der Waals surface area contributed by atoms with Gasteiger partial charge in [0.15, 0.2) is 0 Å². The number of anilines is 1. The van der Waals surface area contributed by atoms with Crippen molar-refractivity contribution in [2.24, 2.45) is 11.8 Å². The largest absolute Gasteiger partial charge is 0.497 e. The highest BCUT2D eigenvalue weighted by Crippen LogP contribution is 2.34. The predicted molar refractivity (Wildman–Crippen MR) is 126 cm³/mol. The lowest BCUT2D eigenvalue weighted by atomic mass is 9.91. The third-order valence-corrected chi connectivity index (χ3v) is 6.10. The van der Waals surface area contributed by atoms with E-state index in [1.165, 1.54) is 6.42 Å². The molecule has 1 aromatic rings. The second kappa shape index (κ2) is 10.7. The monoisotopic (exact) mass is 427 g/mol. The number of rotatable bonds is 8. The van der Waals surface area contributed by atoms with Gasteiger partial charge in [-0.3, -0.25) is 4.79 Å². The number of nitrogens with one attached hydrogen (secondary N) is 1. The van der Waals surface area contributed by atoms with Crippen molar-refractivity contribution in [1.82, 2.24) is 9.80 Å². The quantitative estimate of drug-likeness (QED) is 0.674. The van der Waals surface area contributed by atoms with Crippen molar-refractivity contribution in [1.29, 1.82) is 0 Å². The van der Waals surface area contributed by atoms with Gasteiger partial charge in [-0.1, -0.05) is 27.0 Å². The smallest absolute Gasteiger partial charge is 0.223 e. The molecular formula is C25H37N3O3. The predicted octanol–water partition coefficient (Wildman–Crippen LogP) is 4.21. The van der Waals surface area contributed by atoms with Crippen molar-refractivity contribution in [2.75, 3.05) is 51.8 Å². The Hall–Kier alpha value is -2.47. The summed E-state index contributed by atoms with van der Waals surface area (Å²) < 4.78 is 10.8. The molecule has 1 N–H and O–H groups in total. The highest BCUT2D eigenvalue weighted by molar-refractivity contribution is 5.78. The van der Waals surface area contributed by atoms with Crippen molar-refractivity contribution in [2.45, 2.75) is 33.1 Å². The molecule has 170 valence electrons. The summed E-state index contributed by atoms with van der Waals surface area (Å²) in [5, 5.41) is 3.43. The molecule has 6 nitrogen and oxygen atoms in total. The molecule has 6 heteroatoms. The van der Waals surface area contributed by atoms with Gasteiger partial charge in [0, 0.05) is 55.2 Å². The summed E-state index contributed by atoms with van der Waals surface area (Å²) in [6, 6.07) is 5.97. The molecule has 2 aliphatic heterocycles. The van der Waals surface area contributed by atoms with Crippen LogP contribution in [0.5, 0.6) is 5.75 Å². The minimum atomic E-state index is 0.155. The fraction of sp³-hybridized carbons (Fsp3) is 0.560. The fourth-order valence-corrected chi connectivity index (χ4v) is 4.53. The number of nitrogens with zero attached hydrogens (tertiary/aromatic N) is 2. The number of ether oxygens (including phenoxy) is 2. The maximum Gasteiger partial charge on any atom is 0.223 e. The second-order valence-corrected chi connectivity index (χ2v) is 8.93. The van der Waals surface area contributed by atoms with Crippen LogP contribution >= 0.6 is 0 Å². The number of methoxy groups -OCH3 is 1. The minimum Gasteiger partial charge on any atom is -0.497 e. The zero-order chi connectivity index (χ0) is 22.4. The molecule has 1 aromatic carbocycles. The number of likely N-dealkylation sites (tertiary alicyclic amines) is 1. The molecule has 0 aliphatic carbocycles. The molecule has 0 spiro atoms. The molecule has 0 saturated carbocycles. The number of piperidine rings is 1. The molecule has 3 rings (SSSR count). The zero-order valence-corrected chi connectivity index (χ0v) is 19.3. The molecule has 0 unspecified atom stereocenters. The third-order valence-electron chi connectivity index (χ3n) is 6.10. The Labute approximate surface area is 186 Å². The van der Waals surface area contributed by atoms with Crippen LogP contribution in [0.3, 0.4) is 0 Å². The van der Waals surface area contributed by atoms with E-state index in [4.69, 9.17) is 9.47 Å². The Morgan fingerprint density at radius 1 is 1.13 bits per heavy atom. The van der Waals surface area contributed by atoms with Gasteiger partial charge in [0.25, 0.3) is 0 Å². The summed E-state index contributed by atoms with van der Waals surface area (Å²) in [5.74, 6) is 2.24. The first-order valence-corrected chi connectivity index (χ1v) is 11.3. The number of amides is 1. The van der Waals surface area contributed by atoms with Crippen molar-refractivity contribution in [3.63, 3.8) is 0 Å². The molecule has 0 radical (unpaired) electrons. The van der Waals surface area contributed by atoms with Crippen LogP contribution in [0.4, 0.5) is 5.69 Å². The van der Waals surface area contributed by atoms with E-state index >= 15 is 0 Å². The Kier molecular flexibility index (Phi) is 8.02. The van der Waals surface area contributed by atoms with Gasteiger partial charge in [0.2, 0.25) is 5.91 Å². The van der Waals surface area contributed by atoms with Crippen LogP contribution < -0.4 is 10.1 Å². The number of benzene rings is 1. The van der Waals surface area contributed by atoms with E-state index in [2.05, 4.69) is 37.2 Å². The molecule has 31 heavy (non-hydrogen) atoms. The number of carbonyl (C=O) groups is 1. The van der Waals surface area contributed by atoms with Crippen LogP contribution in [0, 0.1) is 11.8 Å². The molecule has 0 bridgehead atoms. The lowest BCUT2D eigenvalue weighted by molar-refractivity contribution is -0.135. The van der Waals surface area contributed by atoms with Gasteiger partial charge in [-0.15, -0.1) is 0 Å². The van der Waals surface area contributed by atoms with Gasteiger partial charge < -0.3 is 24.6 Å². The zero-order valence-electron chi connectivity index (χ0n) is 19.3. The first kappa shape index (κ1) is 23.2. The SMILES string of the molecule is C=C(CCC(=O)N1CCOCC1)Nc1ccc(OC)cc1C(=C)N1C[C@H](C)C[C@H](C)C1. The van der Waals surface area contributed by atoms with Gasteiger partial charge in [-0.2, -0.15) is 0 Å². The van der Waals surface area contributed by atoms with Crippen molar-refractivity contribution < 1.29 is 14.3 Å². The Morgan fingerprint density at radius 2 is 1.81 bits per heavy atom. The van der Waals surface area contributed by atoms with Gasteiger partial charge in [0.1, 0.15) is 5.75 Å². The Morgan fingerprint density at radius 3 is 2.45 bits per heavy atom. The minimum absolute atomic E-state index is 0.155. The molecule has 2 heterocycles. The van der Waals surface area contributed by atoms with Crippen molar-refractivity contribution in [3.8, 4) is 5.75 Å². The molecule has 0 aromatic heterocycles. The van der Waals surface area contributed by atoms with E-state index in [-0.39, 0.29) is 5.91 Å². The van der Waals surface area contributed by atoms with Crippen LogP contribution in [-0.4, -0.2) is 62.2 Å². The number of morpholine rings is 1. The van der Waals surface area contributed by atoms with Gasteiger partial charge >= 0.3 is 0 Å². The van der Waals surface area contributed by atoms with E-state index in [0.29, 0.717) is 51.0 Å². The maximum absolute atomic E-state index is 12.4. The van der Waals surface area contributed by atoms with Crippen LogP contribution in [0.15, 0.2) is 37.1 Å². The molecule has 2 aliphatic rings. The summed E-state index contributed by atoms with van der Waals surface area (Å²) in [6.45, 7) is 17.8. The summed E-state index contributed by atoms with van der Waals surface area (Å²) in [7, 11) is 1.68. The number of hydrogen-bond donors (Lipinski definition) is 1. The number of carbonyl (C=O) groups excluding carboxylic acids is 1. The van der Waals surface area contributed by atoms with Crippen LogP contribution in [0.2, 0.25) is 0 Å². The first-order valence-electron chi connectivity index (χ1n) is 11.3. The van der Waals surface area contributed by atoms with Crippen molar-refractivity contribution in [3.05, 3.63) is 42.6 Å². The van der Waals surface area contributed by atoms with E-state index in [1.54, 1.807) is 7.11 Å². The lowest BCUT2D eigenvalue weighted by Gasteiger charge is -2.38. The topological polar surface area (TPSA) is 54.0 Å². The average molecular weight is 428 g/mol. The van der Waals surface area contributed by atoms with E-state index in [9.17, 15) is 4.79 Å². The average Bonchev–Trinajstić information content (AvgIpc) is 2.77. The van der Waals surface area contributed by atoms with Crippen LogP contribution in [0.25, 0.3) is 5.70 Å². The molecule has 2 atom stereocenters. The van der Waals surface area contributed by atoms with Gasteiger partial charge in [-0.05, 0) is 42.9 Å². The van der Waals surface area contributed by atoms with E-state index in [0.717, 1.165) is 41.5 Å². The summed E-state index contributed by atoms with van der Waals surface area (Å²) in [4.78, 5) is 16.7. The fourth-order valence-electron chi connectivity index (χ4n) is 4.53. The van der Waals surface area contributed by atoms with E-state index in [1.807, 2.05) is 23.1 Å². The van der Waals surface area contributed by atoms with Gasteiger partial charge in [-0.25, -0.2) is 0 Å². The Balaban J connectivity index is 1.66. The molecule has 2 fully saturated rings. The van der Waals surface area contributed by atoms with Gasteiger partial charge in [0.05, 0.1) is 20.3 Å². The van der Waals surface area contributed by atoms with Crippen LogP contribution in [-0.2, 0) is 9.53 Å².